The van der Waals surface area contributed by atoms with Gasteiger partial charge in [0.25, 0.3) is 11.5 Å². The average molecular weight is 562 g/mol. The highest BCUT2D eigenvalue weighted by Gasteiger charge is 2.18. The van der Waals surface area contributed by atoms with Gasteiger partial charge in [-0.05, 0) is 66.6 Å². The largest absolute Gasteiger partial charge is 0.348 e. The Morgan fingerprint density at radius 3 is 2.33 bits per heavy atom. The maximum Gasteiger partial charge on any atom is 0.336 e. The van der Waals surface area contributed by atoms with E-state index < -0.39 is 23.0 Å². The van der Waals surface area contributed by atoms with Gasteiger partial charge in [-0.1, -0.05) is 65.2 Å². The highest BCUT2D eigenvalue weighted by Crippen LogP contribution is 2.21. The van der Waals surface area contributed by atoms with Gasteiger partial charge >= 0.3 is 5.69 Å². The Bertz CT molecular complexity index is 1850. The lowest BCUT2D eigenvalue weighted by Crippen LogP contribution is -2.39. The Balaban J connectivity index is 1.64. The number of hydrogen-bond donors (Lipinski definition) is 1. The first kappa shape index (κ1) is 26.4. The van der Waals surface area contributed by atoms with Gasteiger partial charge in [-0.3, -0.25) is 14.2 Å². The van der Waals surface area contributed by atoms with Crippen LogP contribution in [0, 0.1) is 12.7 Å². The Kier molecular flexibility index (Phi) is 7.37. The van der Waals surface area contributed by atoms with E-state index in [-0.39, 0.29) is 34.6 Å². The molecule has 0 spiro atoms. The molecule has 0 aliphatic heterocycles. The van der Waals surface area contributed by atoms with Crippen molar-refractivity contribution in [1.29, 1.82) is 0 Å². The van der Waals surface area contributed by atoms with Crippen LogP contribution in [0.3, 0.4) is 0 Å². The SMILES string of the molecule is Cc1ccc(-n2c(=O)c3ccc(C(=O)NCc4ccccc4Cl)cc3n(Cc3ccc(F)cc3Cl)c2=O)cc1. The summed E-state index contributed by atoms with van der Waals surface area (Å²) in [6, 6.07) is 22.6. The molecule has 0 bridgehead atoms. The van der Waals surface area contributed by atoms with Crippen LogP contribution in [0.4, 0.5) is 4.39 Å². The highest BCUT2D eigenvalue weighted by molar-refractivity contribution is 6.31. The number of carbonyl (C=O) groups is 1. The number of hydrogen-bond acceptors (Lipinski definition) is 3. The van der Waals surface area contributed by atoms with Gasteiger partial charge < -0.3 is 5.32 Å². The summed E-state index contributed by atoms with van der Waals surface area (Å²) in [6.07, 6.45) is 0. The van der Waals surface area contributed by atoms with E-state index in [1.165, 1.54) is 34.9 Å². The van der Waals surface area contributed by atoms with Crippen molar-refractivity contribution in [3.63, 3.8) is 0 Å². The van der Waals surface area contributed by atoms with Crippen LogP contribution < -0.4 is 16.6 Å². The summed E-state index contributed by atoms with van der Waals surface area (Å²) in [5.74, 6) is -0.915. The van der Waals surface area contributed by atoms with Crippen molar-refractivity contribution in [3.05, 3.63) is 144 Å². The van der Waals surface area contributed by atoms with Gasteiger partial charge in [0.1, 0.15) is 5.82 Å². The van der Waals surface area contributed by atoms with Crippen molar-refractivity contribution < 1.29 is 9.18 Å². The van der Waals surface area contributed by atoms with E-state index in [0.717, 1.165) is 21.8 Å². The summed E-state index contributed by atoms with van der Waals surface area (Å²) in [5, 5.41) is 3.71. The molecule has 0 aliphatic carbocycles. The molecule has 0 saturated heterocycles. The fraction of sp³-hybridized carbons (Fsp3) is 0.100. The minimum Gasteiger partial charge on any atom is -0.348 e. The van der Waals surface area contributed by atoms with Gasteiger partial charge in [-0.25, -0.2) is 13.8 Å². The second-order valence-corrected chi connectivity index (χ2v) is 9.90. The smallest absolute Gasteiger partial charge is 0.336 e. The van der Waals surface area contributed by atoms with Gasteiger partial charge in [-0.2, -0.15) is 0 Å². The second kappa shape index (κ2) is 10.9. The van der Waals surface area contributed by atoms with Crippen molar-refractivity contribution in [3.8, 4) is 5.69 Å². The number of amides is 1. The number of nitrogens with zero attached hydrogens (tertiary/aromatic N) is 2. The molecular weight excluding hydrogens is 540 g/mol. The molecule has 0 atom stereocenters. The molecule has 39 heavy (non-hydrogen) atoms. The van der Waals surface area contributed by atoms with E-state index in [1.54, 1.807) is 42.5 Å². The van der Waals surface area contributed by atoms with Gasteiger partial charge in [-0.15, -0.1) is 0 Å². The van der Waals surface area contributed by atoms with E-state index in [2.05, 4.69) is 5.32 Å². The molecule has 5 rings (SSSR count). The minimum absolute atomic E-state index is 0.0503. The van der Waals surface area contributed by atoms with E-state index >= 15 is 0 Å². The van der Waals surface area contributed by atoms with E-state index in [4.69, 9.17) is 23.2 Å². The summed E-state index contributed by atoms with van der Waals surface area (Å²) in [5.41, 5.74) is 1.95. The van der Waals surface area contributed by atoms with Gasteiger partial charge in [0.05, 0.1) is 23.1 Å². The van der Waals surface area contributed by atoms with Gasteiger partial charge in [0.2, 0.25) is 0 Å². The number of carbonyl (C=O) groups excluding carboxylic acids is 1. The molecule has 0 radical (unpaired) electrons. The van der Waals surface area contributed by atoms with Crippen LogP contribution >= 0.6 is 23.2 Å². The summed E-state index contributed by atoms with van der Waals surface area (Å²) in [6.45, 7) is 2.05. The molecule has 1 amide bonds. The number of aromatic nitrogens is 2. The van der Waals surface area contributed by atoms with Crippen molar-refractivity contribution in [2.75, 3.05) is 0 Å². The average Bonchev–Trinajstić information content (AvgIpc) is 2.92. The fourth-order valence-corrected chi connectivity index (χ4v) is 4.75. The maximum absolute atomic E-state index is 13.8. The zero-order valence-electron chi connectivity index (χ0n) is 20.8. The zero-order valence-corrected chi connectivity index (χ0v) is 22.3. The molecule has 0 unspecified atom stereocenters. The van der Waals surface area contributed by atoms with Crippen LogP contribution in [0.1, 0.15) is 27.0 Å². The van der Waals surface area contributed by atoms with Crippen LogP contribution in [-0.4, -0.2) is 15.0 Å². The molecule has 196 valence electrons. The lowest BCUT2D eigenvalue weighted by molar-refractivity contribution is 0.0951. The predicted molar refractivity (Wildman–Crippen MR) is 152 cm³/mol. The summed E-state index contributed by atoms with van der Waals surface area (Å²) in [7, 11) is 0. The molecule has 0 fully saturated rings. The molecule has 6 nitrogen and oxygen atoms in total. The van der Waals surface area contributed by atoms with Crippen LogP contribution in [0.5, 0.6) is 0 Å². The molecular formula is C30H22Cl2FN3O3. The van der Waals surface area contributed by atoms with Crippen LogP contribution in [0.15, 0.2) is 94.5 Å². The molecule has 0 aliphatic rings. The summed E-state index contributed by atoms with van der Waals surface area (Å²) in [4.78, 5) is 40.4. The first-order valence-electron chi connectivity index (χ1n) is 12.0. The van der Waals surface area contributed by atoms with Crippen molar-refractivity contribution in [2.45, 2.75) is 20.0 Å². The number of aryl methyl sites for hydroxylation is 1. The third-order valence-electron chi connectivity index (χ3n) is 6.44. The third-order valence-corrected chi connectivity index (χ3v) is 7.16. The Morgan fingerprint density at radius 1 is 0.872 bits per heavy atom. The second-order valence-electron chi connectivity index (χ2n) is 9.09. The molecule has 1 aromatic heterocycles. The zero-order chi connectivity index (χ0) is 27.7. The first-order valence-corrected chi connectivity index (χ1v) is 12.8. The Morgan fingerprint density at radius 2 is 1.62 bits per heavy atom. The molecule has 1 heterocycles. The lowest BCUT2D eigenvalue weighted by atomic mass is 10.1. The maximum atomic E-state index is 13.8. The van der Waals surface area contributed by atoms with Crippen LogP contribution in [0.25, 0.3) is 16.6 Å². The van der Waals surface area contributed by atoms with E-state index in [0.29, 0.717) is 16.3 Å². The number of benzene rings is 4. The fourth-order valence-electron chi connectivity index (χ4n) is 4.32. The van der Waals surface area contributed by atoms with E-state index in [1.807, 2.05) is 13.0 Å². The minimum atomic E-state index is -0.620. The lowest BCUT2D eigenvalue weighted by Gasteiger charge is -2.16. The number of halogens is 3. The van der Waals surface area contributed by atoms with Gasteiger partial charge in [0.15, 0.2) is 0 Å². The van der Waals surface area contributed by atoms with E-state index in [9.17, 15) is 18.8 Å². The van der Waals surface area contributed by atoms with Crippen LogP contribution in [-0.2, 0) is 13.1 Å². The Labute approximate surface area is 232 Å². The molecule has 4 aromatic carbocycles. The normalized spacial score (nSPS) is 11.1. The first-order chi connectivity index (χ1) is 18.7. The van der Waals surface area contributed by atoms with Crippen LogP contribution in [0.2, 0.25) is 10.0 Å². The molecule has 5 aromatic rings. The number of nitrogens with one attached hydrogen (secondary N) is 1. The van der Waals surface area contributed by atoms with Crippen molar-refractivity contribution >= 4 is 40.0 Å². The van der Waals surface area contributed by atoms with Gasteiger partial charge in [0, 0.05) is 22.2 Å². The molecule has 0 saturated carbocycles. The number of rotatable bonds is 6. The Hall–Kier alpha value is -4.20. The summed E-state index contributed by atoms with van der Waals surface area (Å²) < 4.78 is 16.1. The summed E-state index contributed by atoms with van der Waals surface area (Å²) >= 11 is 12.5. The predicted octanol–water partition coefficient (Wildman–Crippen LogP) is 5.89. The third kappa shape index (κ3) is 5.37. The molecule has 1 N–H and O–H groups in total. The van der Waals surface area contributed by atoms with Crippen molar-refractivity contribution in [2.24, 2.45) is 0 Å². The highest BCUT2D eigenvalue weighted by atomic mass is 35.5. The standard InChI is InChI=1S/C30H22Cl2FN3O3/c1-18-6-11-23(12-7-18)36-29(38)24-13-9-19(28(37)34-16-20-4-2-3-5-25(20)31)14-27(24)35(30(36)39)17-21-8-10-22(33)15-26(21)32/h2-15H,16-17H2,1H3,(H,34,37). The quantitative estimate of drug-likeness (QED) is 0.281. The van der Waals surface area contributed by atoms with Crippen molar-refractivity contribution in [1.82, 2.24) is 14.5 Å². The monoisotopic (exact) mass is 561 g/mol. The number of fused-ring (bicyclic) bond motifs is 1. The molecule has 9 heteroatoms. The topological polar surface area (TPSA) is 73.1 Å².